The van der Waals surface area contributed by atoms with Gasteiger partial charge in [-0.25, -0.2) is 0 Å². The van der Waals surface area contributed by atoms with Gasteiger partial charge in [-0.3, -0.25) is 14.4 Å². The van der Waals surface area contributed by atoms with Crippen molar-refractivity contribution < 1.29 is 24.6 Å². The number of phenolic OH excluding ortho intramolecular Hbond substituents is 1. The fraction of sp³-hybridized carbons (Fsp3) is 0.344. The van der Waals surface area contributed by atoms with E-state index in [-0.39, 0.29) is 30.2 Å². The molecule has 2 atom stereocenters. The van der Waals surface area contributed by atoms with Gasteiger partial charge >= 0.3 is 0 Å². The molecule has 8 heteroatoms. The Labute approximate surface area is 236 Å². The second kappa shape index (κ2) is 14.8. The van der Waals surface area contributed by atoms with Crippen molar-refractivity contribution in [3.63, 3.8) is 0 Å². The lowest BCUT2D eigenvalue weighted by atomic mass is 9.98. The molecule has 0 radical (unpaired) electrons. The van der Waals surface area contributed by atoms with Gasteiger partial charge in [-0.15, -0.1) is 0 Å². The van der Waals surface area contributed by atoms with Crippen LogP contribution in [-0.2, 0) is 22.6 Å². The third-order valence-electron chi connectivity index (χ3n) is 6.96. The van der Waals surface area contributed by atoms with Gasteiger partial charge < -0.3 is 25.7 Å². The number of carbonyl (C=O) groups excluding carboxylic acids is 3. The van der Waals surface area contributed by atoms with E-state index < -0.39 is 24.0 Å². The topological polar surface area (TPSA) is 119 Å². The van der Waals surface area contributed by atoms with Crippen LogP contribution in [0.15, 0.2) is 72.8 Å². The molecule has 3 amide bonds. The first-order valence-corrected chi connectivity index (χ1v) is 13.6. The van der Waals surface area contributed by atoms with Crippen molar-refractivity contribution in [2.75, 3.05) is 13.1 Å². The smallest absolute Gasteiger partial charge is 0.254 e. The third kappa shape index (κ3) is 8.41. The molecule has 3 rings (SSSR count). The van der Waals surface area contributed by atoms with Crippen LogP contribution in [0.25, 0.3) is 0 Å². The molecule has 40 heavy (non-hydrogen) atoms. The van der Waals surface area contributed by atoms with Crippen LogP contribution in [0.1, 0.15) is 52.4 Å². The van der Waals surface area contributed by atoms with E-state index in [0.717, 1.165) is 23.1 Å². The highest BCUT2D eigenvalue weighted by Crippen LogP contribution is 2.20. The molecule has 8 nitrogen and oxygen atoms in total. The van der Waals surface area contributed by atoms with E-state index in [1.807, 2.05) is 68.4 Å². The van der Waals surface area contributed by atoms with Crippen molar-refractivity contribution in [3.05, 3.63) is 101 Å². The van der Waals surface area contributed by atoms with Crippen LogP contribution in [0.3, 0.4) is 0 Å². The zero-order valence-corrected chi connectivity index (χ0v) is 23.4. The Hall–Kier alpha value is -4.17. The maximum absolute atomic E-state index is 13.6. The molecule has 0 bridgehead atoms. The number of aliphatic hydroxyl groups excluding tert-OH is 1. The third-order valence-corrected chi connectivity index (χ3v) is 6.96. The fourth-order valence-electron chi connectivity index (χ4n) is 4.43. The number of carbonyl (C=O) groups is 3. The highest BCUT2D eigenvalue weighted by Gasteiger charge is 2.32. The average molecular weight is 546 g/mol. The predicted molar refractivity (Wildman–Crippen MR) is 155 cm³/mol. The van der Waals surface area contributed by atoms with Gasteiger partial charge in [-0.2, -0.15) is 0 Å². The molecule has 3 aromatic rings. The van der Waals surface area contributed by atoms with Crippen LogP contribution < -0.4 is 10.6 Å². The first-order valence-electron chi connectivity index (χ1n) is 13.6. The Bertz CT molecular complexity index is 1290. The number of unbranched alkanes of at least 4 members (excludes halogenated alkanes) is 1. The molecule has 0 heterocycles. The van der Waals surface area contributed by atoms with Crippen LogP contribution in [0, 0.1) is 13.8 Å². The van der Waals surface area contributed by atoms with E-state index in [1.165, 1.54) is 11.0 Å². The first-order chi connectivity index (χ1) is 19.2. The maximum Gasteiger partial charge on any atom is 0.254 e. The molecule has 0 saturated heterocycles. The number of hydrogen-bond acceptors (Lipinski definition) is 5. The Balaban J connectivity index is 1.78. The van der Waals surface area contributed by atoms with Gasteiger partial charge in [0.25, 0.3) is 11.8 Å². The van der Waals surface area contributed by atoms with E-state index in [1.54, 1.807) is 19.1 Å². The molecular weight excluding hydrogens is 506 g/mol. The summed E-state index contributed by atoms with van der Waals surface area (Å²) in [6, 6.07) is 20.6. The summed E-state index contributed by atoms with van der Waals surface area (Å²) >= 11 is 0. The molecule has 0 unspecified atom stereocenters. The number of rotatable bonds is 13. The van der Waals surface area contributed by atoms with Crippen LogP contribution in [0.5, 0.6) is 5.75 Å². The maximum atomic E-state index is 13.6. The van der Waals surface area contributed by atoms with Crippen LogP contribution in [-0.4, -0.2) is 58.1 Å². The quantitative estimate of drug-likeness (QED) is 0.261. The number of benzene rings is 3. The Kier molecular flexibility index (Phi) is 11.3. The number of nitrogens with zero attached hydrogens (tertiary/aromatic N) is 1. The van der Waals surface area contributed by atoms with Gasteiger partial charge in [0.2, 0.25) is 5.91 Å². The monoisotopic (exact) mass is 545 g/mol. The van der Waals surface area contributed by atoms with Crippen LogP contribution >= 0.6 is 0 Å². The minimum atomic E-state index is -1.59. The summed E-state index contributed by atoms with van der Waals surface area (Å²) in [5.74, 6) is -1.50. The van der Waals surface area contributed by atoms with Crippen molar-refractivity contribution in [2.24, 2.45) is 0 Å². The number of hydrogen-bond donors (Lipinski definition) is 4. The number of phenols is 1. The lowest BCUT2D eigenvalue weighted by Crippen LogP contribution is -2.54. The van der Waals surface area contributed by atoms with Crippen molar-refractivity contribution in [2.45, 2.75) is 58.7 Å². The lowest BCUT2D eigenvalue weighted by molar-refractivity contribution is -0.144. The van der Waals surface area contributed by atoms with Crippen molar-refractivity contribution in [3.8, 4) is 5.75 Å². The summed E-state index contributed by atoms with van der Waals surface area (Å²) in [6.45, 7) is 5.99. The van der Waals surface area contributed by atoms with E-state index >= 15 is 0 Å². The largest absolute Gasteiger partial charge is 0.508 e. The molecule has 0 aliphatic heterocycles. The Morgan fingerprint density at radius 2 is 1.62 bits per heavy atom. The predicted octanol–water partition coefficient (Wildman–Crippen LogP) is 3.66. The lowest BCUT2D eigenvalue weighted by Gasteiger charge is -2.29. The van der Waals surface area contributed by atoms with Gasteiger partial charge in [0.15, 0.2) is 6.10 Å². The van der Waals surface area contributed by atoms with Crippen LogP contribution in [0.4, 0.5) is 0 Å². The van der Waals surface area contributed by atoms with Gasteiger partial charge in [0.05, 0.1) is 12.6 Å². The van der Waals surface area contributed by atoms with Gasteiger partial charge in [0, 0.05) is 24.2 Å². The van der Waals surface area contributed by atoms with Crippen molar-refractivity contribution in [1.29, 1.82) is 0 Å². The zero-order valence-electron chi connectivity index (χ0n) is 23.4. The SMILES string of the molecule is CCCCN(CC(=O)NCc1ccccc1C)C(=O)[C@@H](O)[C@H](Cc1ccccc1)NC(=O)c1cccc(O)c1C. The molecule has 0 fully saturated rings. The molecule has 0 aliphatic carbocycles. The second-order valence-corrected chi connectivity index (χ2v) is 9.98. The van der Waals surface area contributed by atoms with E-state index in [0.29, 0.717) is 25.1 Å². The number of amides is 3. The summed E-state index contributed by atoms with van der Waals surface area (Å²) in [5, 5.41) is 27.0. The van der Waals surface area contributed by atoms with Crippen LogP contribution in [0.2, 0.25) is 0 Å². The number of aryl methyl sites for hydroxylation is 1. The molecule has 4 N–H and O–H groups in total. The van der Waals surface area contributed by atoms with Gasteiger partial charge in [-0.1, -0.05) is 74.0 Å². The minimum Gasteiger partial charge on any atom is -0.508 e. The normalized spacial score (nSPS) is 12.3. The van der Waals surface area contributed by atoms with E-state index in [9.17, 15) is 24.6 Å². The highest BCUT2D eigenvalue weighted by atomic mass is 16.3. The van der Waals surface area contributed by atoms with Gasteiger partial charge in [0.1, 0.15) is 5.75 Å². The van der Waals surface area contributed by atoms with E-state index in [4.69, 9.17) is 0 Å². The standard InChI is InChI=1S/C32H39N3O5/c1-4-5-18-35(21-29(37)33-20-25-15-10-9-12-22(25)2)32(40)30(38)27(19-24-13-7-6-8-14-24)34-31(39)26-16-11-17-28(36)23(26)3/h6-17,27,30,36,38H,4-5,18-21H2,1-3H3,(H,33,37)(H,34,39)/t27-,30-/m0/s1. The minimum absolute atomic E-state index is 0.0219. The molecule has 0 aromatic heterocycles. The average Bonchev–Trinajstić information content (AvgIpc) is 2.95. The summed E-state index contributed by atoms with van der Waals surface area (Å²) in [4.78, 5) is 41.0. The molecule has 0 saturated carbocycles. The fourth-order valence-corrected chi connectivity index (χ4v) is 4.43. The molecule has 0 aliphatic rings. The second-order valence-electron chi connectivity index (χ2n) is 9.98. The van der Waals surface area contributed by atoms with Crippen molar-refractivity contribution in [1.82, 2.24) is 15.5 Å². The van der Waals surface area contributed by atoms with Crippen molar-refractivity contribution >= 4 is 17.7 Å². The van der Waals surface area contributed by atoms with Gasteiger partial charge in [-0.05, 0) is 55.5 Å². The molecule has 212 valence electrons. The Morgan fingerprint density at radius 1 is 0.925 bits per heavy atom. The Morgan fingerprint density at radius 3 is 2.33 bits per heavy atom. The number of nitrogens with one attached hydrogen (secondary N) is 2. The summed E-state index contributed by atoms with van der Waals surface area (Å²) < 4.78 is 0. The first kappa shape index (κ1) is 30.4. The highest BCUT2D eigenvalue weighted by molar-refractivity contribution is 5.97. The summed E-state index contributed by atoms with van der Waals surface area (Å²) in [5.41, 5.74) is 3.50. The zero-order chi connectivity index (χ0) is 29.1. The van der Waals surface area contributed by atoms with E-state index in [2.05, 4.69) is 10.6 Å². The summed E-state index contributed by atoms with van der Waals surface area (Å²) in [7, 11) is 0. The number of aromatic hydroxyl groups is 1. The number of aliphatic hydroxyl groups is 1. The molecule has 0 spiro atoms. The molecular formula is C32H39N3O5. The molecule has 3 aromatic carbocycles. The summed E-state index contributed by atoms with van der Waals surface area (Å²) in [6.07, 6.45) is 0.0500.